The lowest BCUT2D eigenvalue weighted by Crippen LogP contribution is -2.61. The third kappa shape index (κ3) is 39.7. The van der Waals surface area contributed by atoms with Gasteiger partial charge in [-0.15, -0.1) is 0 Å². The van der Waals surface area contributed by atoms with Crippen molar-refractivity contribution in [3.05, 3.63) is 0 Å². The molecule has 9 heterocycles. The molecule has 9 fully saturated rings. The Balaban J connectivity index is 0.000000810. The lowest BCUT2D eigenvalue weighted by Gasteiger charge is -2.39. The Bertz CT molecular complexity index is 3400. The van der Waals surface area contributed by atoms with Gasteiger partial charge in [-0.2, -0.15) is 0 Å². The molecule has 0 radical (unpaired) electrons. The van der Waals surface area contributed by atoms with Crippen LogP contribution in [0.1, 0.15) is 123 Å². The van der Waals surface area contributed by atoms with Gasteiger partial charge in [-0.1, -0.05) is 20.8 Å². The summed E-state index contributed by atoms with van der Waals surface area (Å²) in [5.74, 6) is -8.26. The normalized spacial score (nSPS) is 40.4. The monoisotopic (exact) mass is 2120 g/mol. The van der Waals surface area contributed by atoms with E-state index in [1.807, 2.05) is 20.8 Å². The van der Waals surface area contributed by atoms with Crippen LogP contribution in [0.5, 0.6) is 0 Å². The van der Waals surface area contributed by atoms with Crippen LogP contribution in [0.25, 0.3) is 0 Å². The average Bonchev–Trinajstić information content (AvgIpc) is 0.814. The summed E-state index contributed by atoms with van der Waals surface area (Å²) >= 11 is 0. The van der Waals surface area contributed by atoms with Crippen LogP contribution in [-0.4, -0.2) is 524 Å². The van der Waals surface area contributed by atoms with E-state index in [1.165, 1.54) is 0 Å². The van der Waals surface area contributed by atoms with E-state index in [9.17, 15) is 181 Å². The number of hydrogen-bond acceptors (Lipinski definition) is 54. The van der Waals surface area contributed by atoms with Crippen LogP contribution in [0.2, 0.25) is 0 Å². The van der Waals surface area contributed by atoms with Gasteiger partial charge in [0.1, 0.15) is 165 Å². The van der Waals surface area contributed by atoms with E-state index in [0.29, 0.717) is 19.3 Å². The van der Waals surface area contributed by atoms with E-state index in [4.69, 9.17) is 137 Å². The summed E-state index contributed by atoms with van der Waals surface area (Å²) in [7, 11) is 0. The van der Waals surface area contributed by atoms with Crippen molar-refractivity contribution in [2.45, 2.75) is 436 Å². The molecule has 21 unspecified atom stereocenters. The number of hydrogen-bond donors (Lipinski definition) is 36. The lowest BCUT2D eigenvalue weighted by molar-refractivity contribution is -0.299. The third-order valence-corrected chi connectivity index (χ3v) is 21.7. The Hall–Kier alpha value is -6.57. The maximum absolute atomic E-state index is 11.0. The Kier molecular flexibility index (Phi) is 60.4. The fourth-order valence-corrected chi connectivity index (χ4v) is 13.1. The van der Waals surface area contributed by atoms with Gasteiger partial charge in [-0.3, -0.25) is 43.2 Å². The minimum absolute atomic E-state index is 0.217. The Morgan fingerprint density at radius 2 is 0.285 bits per heavy atom. The van der Waals surface area contributed by atoms with Gasteiger partial charge in [0.25, 0.3) is 0 Å². The first-order valence-electron chi connectivity index (χ1n) is 45.3. The SMILES string of the molecule is CC(C)O[C@H]1OC(C(N)=O)[C@@H](O)C(O)[C@@H]1O.CC(C)O[C@H]1OC(C(N)=O)[C@@H](O)C(O)[C@H]1O.CC(C)O[C@H]1OC(C(N)=O)[C@H](O)C(O)[C@@H]1O.CCC(C)O[C@H]1OC(C(N)=O)[C@@H](O)C(O)[C@@H]1O.CCC(C)O[C@H]1OC(C(N)=O)[C@@H](O)C(O)[C@H]1O.CCC(C)O[C@H]1OC(C(N)=O)[C@H](O)C(O)[C@@H]1O.CCO[C@H]1OC(C(N)=O)[C@@H](O)C(O)[C@@H]1O.CCO[C@H]1OC(C(N)=O)[C@@H](O)C(O)[C@H]1O.CCO[C@H]1OC(C(N)=O)[C@H](O)C(O)[C@@H]1O. The molecule has 0 aromatic carbocycles. The fourth-order valence-electron chi connectivity index (χ4n) is 13.1. The first kappa shape index (κ1) is 135. The van der Waals surface area contributed by atoms with E-state index in [2.05, 4.69) is 0 Å². The average molecular weight is 2120 g/mol. The molecule has 0 aliphatic carbocycles. The summed E-state index contributed by atoms with van der Waals surface area (Å²) in [5.41, 5.74) is 44.9. The number of amides is 9. The second-order valence-electron chi connectivity index (χ2n) is 34.2. The highest BCUT2D eigenvalue weighted by Crippen LogP contribution is 2.32. The fraction of sp³-hybridized carbons (Fsp3) is 0.889. The molecule has 9 aliphatic heterocycles. The largest absolute Gasteiger partial charge is 0.387 e. The number of aliphatic hydroxyl groups is 27. The molecule has 0 spiro atoms. The first-order valence-corrected chi connectivity index (χ1v) is 45.3. The van der Waals surface area contributed by atoms with E-state index in [-0.39, 0.29) is 56.4 Å². The predicted molar refractivity (Wildman–Crippen MR) is 469 cm³/mol. The zero-order chi connectivity index (χ0) is 112. The Morgan fingerprint density at radius 1 is 0.181 bits per heavy atom. The van der Waals surface area contributed by atoms with E-state index < -0.39 is 330 Å². The highest BCUT2D eigenvalue weighted by atomic mass is 16.8. The van der Waals surface area contributed by atoms with Crippen molar-refractivity contribution >= 4 is 53.2 Å². The molecule has 63 nitrogen and oxygen atoms in total. The molecular formula is C81H153N9O54. The molecule has 9 aliphatic rings. The molecule has 0 aromatic rings. The summed E-state index contributed by atoms with van der Waals surface area (Å²) in [6.07, 6.45) is -62.9. The Morgan fingerprint density at radius 3 is 0.382 bits per heavy atom. The quantitative estimate of drug-likeness (QED) is 0.0318. The van der Waals surface area contributed by atoms with Gasteiger partial charge >= 0.3 is 0 Å². The van der Waals surface area contributed by atoms with Crippen molar-refractivity contribution in [3.63, 3.8) is 0 Å². The van der Waals surface area contributed by atoms with Crippen LogP contribution in [-0.2, 0) is 128 Å². The molecule has 9 rings (SSSR count). The van der Waals surface area contributed by atoms with Gasteiger partial charge < -0.3 is 275 Å². The van der Waals surface area contributed by atoms with Crippen molar-refractivity contribution in [1.29, 1.82) is 0 Å². The smallest absolute Gasteiger partial charge is 0.249 e. The summed E-state index contributed by atoms with van der Waals surface area (Å²) in [4.78, 5) is 98.4. The molecule has 48 atom stereocenters. The Labute approximate surface area is 824 Å². The maximum Gasteiger partial charge on any atom is 0.249 e. The number of carbonyl (C=O) groups excluding carboxylic acids is 9. The molecule has 846 valence electrons. The predicted octanol–water partition coefficient (Wildman–Crippen LogP) is -20.7. The van der Waals surface area contributed by atoms with Crippen molar-refractivity contribution < 1.29 is 266 Å². The zero-order valence-corrected chi connectivity index (χ0v) is 81.5. The number of aliphatic hydroxyl groups excluding tert-OH is 27. The highest BCUT2D eigenvalue weighted by Gasteiger charge is 2.56. The maximum atomic E-state index is 11.0. The standard InChI is InChI=1S/3C10H19NO6.3C9H17NO6.3C8H15NO6/c3*1-3-4(2)16-10-7(14)5(12)6(13)8(17-10)9(11)15;3*1-3(2)15-9-6(13)4(11)5(12)7(16-9)8(10)14;3*1-2-14-8-5(12)3(10)4(11)6(15-8)7(9)13/h3*4-8,10,12-14H,3H2,1-2H3,(H2,11,15);3*3-7,9,11-13H,1-2H3,(H2,10,14);3*3-6,8,10-12H,2H2,1H3,(H2,9,13)/t4?,5?,6-,7+,8?,10+;4?,5?,6-,7+,8?,10-;4?,5?,6-,7-,8?,10-;4?,5-,6+,7?,9+;4?,5-,6+,7?,9-;4?,5-,6-,7?,9-;3?,4-,5+,6?,8+;3?,4-,5+,6?,8-;3?,4-,5-,6?,8-/m100100100/s1. The van der Waals surface area contributed by atoms with Crippen molar-refractivity contribution in [2.24, 2.45) is 51.6 Å². The van der Waals surface area contributed by atoms with Gasteiger partial charge in [-0.05, 0) is 102 Å². The van der Waals surface area contributed by atoms with Crippen LogP contribution in [0.15, 0.2) is 0 Å². The summed E-state index contributed by atoms with van der Waals surface area (Å²) in [6.45, 7) is 26.8. The van der Waals surface area contributed by atoms with Crippen LogP contribution in [0, 0.1) is 0 Å². The minimum Gasteiger partial charge on any atom is -0.387 e. The second-order valence-corrected chi connectivity index (χ2v) is 34.2. The van der Waals surface area contributed by atoms with Crippen molar-refractivity contribution in [3.8, 4) is 0 Å². The highest BCUT2D eigenvalue weighted by molar-refractivity contribution is 5.83. The van der Waals surface area contributed by atoms with Crippen LogP contribution >= 0.6 is 0 Å². The van der Waals surface area contributed by atoms with Crippen molar-refractivity contribution in [2.75, 3.05) is 19.8 Å². The third-order valence-electron chi connectivity index (χ3n) is 21.7. The number of primary amides is 9. The lowest BCUT2D eigenvalue weighted by atomic mass is 9.98. The minimum atomic E-state index is -1.56. The topological polar surface area (TPSA) is 1100 Å². The molecular weight excluding hydrogens is 1960 g/mol. The molecule has 9 saturated heterocycles. The van der Waals surface area contributed by atoms with E-state index >= 15 is 0 Å². The number of carbonyl (C=O) groups is 9. The molecule has 63 heteroatoms. The molecule has 45 N–H and O–H groups in total. The number of nitrogens with two attached hydrogens (primary N) is 9. The molecule has 144 heavy (non-hydrogen) atoms. The van der Waals surface area contributed by atoms with Crippen LogP contribution in [0.3, 0.4) is 0 Å². The van der Waals surface area contributed by atoms with Crippen molar-refractivity contribution in [1.82, 2.24) is 0 Å². The summed E-state index contributed by atoms with van der Waals surface area (Å²) in [6, 6.07) is 0. The van der Waals surface area contributed by atoms with E-state index in [1.54, 1.807) is 83.1 Å². The van der Waals surface area contributed by atoms with Gasteiger partial charge in [0, 0.05) is 19.8 Å². The van der Waals surface area contributed by atoms with E-state index in [0.717, 1.165) is 0 Å². The molecule has 0 aromatic heterocycles. The summed E-state index contributed by atoms with van der Waals surface area (Å²) in [5, 5.41) is 256. The summed E-state index contributed by atoms with van der Waals surface area (Å²) < 4.78 is 91.1. The molecule has 0 saturated carbocycles. The van der Waals surface area contributed by atoms with Gasteiger partial charge in [-0.25, -0.2) is 0 Å². The number of ether oxygens (including phenoxy) is 18. The number of rotatable bonds is 30. The van der Waals surface area contributed by atoms with Gasteiger partial charge in [0.05, 0.1) is 36.6 Å². The van der Waals surface area contributed by atoms with Crippen LogP contribution < -0.4 is 51.6 Å². The second kappa shape index (κ2) is 64.2. The first-order chi connectivity index (χ1) is 66.6. The molecule has 0 bridgehead atoms. The van der Waals surface area contributed by atoms with Crippen LogP contribution in [0.4, 0.5) is 0 Å². The van der Waals surface area contributed by atoms with Gasteiger partial charge in [0.15, 0.2) is 112 Å². The van der Waals surface area contributed by atoms with Gasteiger partial charge in [0.2, 0.25) is 53.2 Å². The molecule has 9 amide bonds. The zero-order valence-electron chi connectivity index (χ0n) is 81.5.